The summed E-state index contributed by atoms with van der Waals surface area (Å²) in [6, 6.07) is 17.6. The molecule has 29 heavy (non-hydrogen) atoms. The largest absolute Gasteiger partial charge is 0.484 e. The summed E-state index contributed by atoms with van der Waals surface area (Å²) < 4.78 is 11.6. The quantitative estimate of drug-likeness (QED) is 0.757. The Kier molecular flexibility index (Phi) is 4.89. The Balaban J connectivity index is 1.04. The molecule has 3 aliphatic heterocycles. The molecule has 6 heteroatoms. The van der Waals surface area contributed by atoms with Crippen molar-refractivity contribution in [2.45, 2.75) is 24.5 Å². The average Bonchev–Trinajstić information content (AvgIpc) is 3.28. The van der Waals surface area contributed by atoms with Gasteiger partial charge in [-0.2, -0.15) is 0 Å². The third-order valence-electron chi connectivity index (χ3n) is 6.31. The number of hydrogen-bond acceptors (Lipinski definition) is 5. The van der Waals surface area contributed by atoms with Crippen molar-refractivity contribution in [3.8, 4) is 5.75 Å². The number of nitrogens with zero attached hydrogens (tertiary/aromatic N) is 1. The van der Waals surface area contributed by atoms with Crippen molar-refractivity contribution in [2.24, 2.45) is 5.92 Å². The van der Waals surface area contributed by atoms with Crippen LogP contribution in [-0.2, 0) is 9.53 Å². The Bertz CT molecular complexity index is 849. The molecule has 152 valence electrons. The summed E-state index contributed by atoms with van der Waals surface area (Å²) in [7, 11) is 0. The van der Waals surface area contributed by atoms with Gasteiger partial charge in [0, 0.05) is 36.5 Å². The second-order valence-corrected chi connectivity index (χ2v) is 8.44. The first-order valence-electron chi connectivity index (χ1n) is 10.4. The van der Waals surface area contributed by atoms with Crippen LogP contribution in [0.3, 0.4) is 0 Å². The third kappa shape index (κ3) is 3.95. The molecule has 0 radical (unpaired) electrons. The molecule has 1 spiro atoms. The van der Waals surface area contributed by atoms with E-state index in [1.807, 2.05) is 54.6 Å². The van der Waals surface area contributed by atoms with Crippen LogP contribution in [0.25, 0.3) is 0 Å². The lowest BCUT2D eigenvalue weighted by molar-refractivity contribution is -0.126. The van der Waals surface area contributed by atoms with E-state index in [1.165, 1.54) is 19.4 Å². The minimum absolute atomic E-state index is 0.00784. The van der Waals surface area contributed by atoms with Crippen molar-refractivity contribution >= 4 is 17.3 Å². The van der Waals surface area contributed by atoms with E-state index in [0.29, 0.717) is 17.8 Å². The Hall–Kier alpha value is -2.57. The normalized spacial score (nSPS) is 27.6. The van der Waals surface area contributed by atoms with E-state index < -0.39 is 0 Å². The van der Waals surface area contributed by atoms with Gasteiger partial charge in [-0.3, -0.25) is 9.69 Å². The lowest BCUT2D eigenvalue weighted by Crippen LogP contribution is -2.58. The first kappa shape index (κ1) is 18.5. The molecular formula is C23H27N3O3. The average molecular weight is 393 g/mol. The summed E-state index contributed by atoms with van der Waals surface area (Å²) in [4.78, 5) is 14.7. The SMILES string of the molecule is O=C(COc1ccc(Nc2ccccc2)cc1)NCC1CN2CC3CC2(CO1)C3. The van der Waals surface area contributed by atoms with E-state index in [0.717, 1.165) is 30.4 Å². The molecule has 2 aromatic carbocycles. The maximum absolute atomic E-state index is 12.1. The highest BCUT2D eigenvalue weighted by molar-refractivity contribution is 5.77. The molecule has 1 aliphatic carbocycles. The summed E-state index contributed by atoms with van der Waals surface area (Å²) in [6.45, 7) is 3.48. The van der Waals surface area contributed by atoms with Gasteiger partial charge in [0.2, 0.25) is 0 Å². The van der Waals surface area contributed by atoms with Gasteiger partial charge in [-0.15, -0.1) is 0 Å². The first-order valence-corrected chi connectivity index (χ1v) is 10.4. The molecule has 6 nitrogen and oxygen atoms in total. The number of benzene rings is 2. The molecule has 2 aromatic rings. The summed E-state index contributed by atoms with van der Waals surface area (Å²) in [5.41, 5.74) is 2.33. The van der Waals surface area contributed by atoms with Crippen LogP contribution in [-0.4, -0.2) is 55.3 Å². The molecule has 1 amide bonds. The van der Waals surface area contributed by atoms with Gasteiger partial charge >= 0.3 is 0 Å². The number of hydrogen-bond donors (Lipinski definition) is 2. The van der Waals surface area contributed by atoms with E-state index in [4.69, 9.17) is 9.47 Å². The highest BCUT2D eigenvalue weighted by Gasteiger charge is 2.58. The molecule has 1 unspecified atom stereocenters. The zero-order valence-corrected chi connectivity index (χ0v) is 16.5. The standard InChI is InChI=1S/C23H27N3O3/c27-22(24-12-21-14-26-13-17-10-23(26,11-17)16-29-21)15-28-20-8-6-19(7-9-20)25-18-4-2-1-3-5-18/h1-9,17,21,25H,10-16H2,(H,24,27). The van der Waals surface area contributed by atoms with Gasteiger partial charge < -0.3 is 20.1 Å². The number of carbonyl (C=O) groups is 1. The van der Waals surface area contributed by atoms with Crippen LogP contribution < -0.4 is 15.4 Å². The molecule has 2 N–H and O–H groups in total. The van der Waals surface area contributed by atoms with Crippen molar-refractivity contribution in [1.29, 1.82) is 0 Å². The summed E-state index contributed by atoms with van der Waals surface area (Å²) in [6.07, 6.45) is 2.66. The van der Waals surface area contributed by atoms with Crippen LogP contribution >= 0.6 is 0 Å². The van der Waals surface area contributed by atoms with Gasteiger partial charge in [0.15, 0.2) is 6.61 Å². The molecule has 1 saturated carbocycles. The zero-order valence-electron chi connectivity index (χ0n) is 16.5. The molecule has 6 rings (SSSR count). The van der Waals surface area contributed by atoms with Crippen LogP contribution in [0.15, 0.2) is 54.6 Å². The van der Waals surface area contributed by atoms with Crippen molar-refractivity contribution in [1.82, 2.24) is 10.2 Å². The molecule has 4 fully saturated rings. The summed E-state index contributed by atoms with van der Waals surface area (Å²) in [5.74, 6) is 1.42. The first-order chi connectivity index (χ1) is 14.2. The summed E-state index contributed by atoms with van der Waals surface area (Å²) >= 11 is 0. The van der Waals surface area contributed by atoms with Crippen molar-refractivity contribution < 1.29 is 14.3 Å². The van der Waals surface area contributed by atoms with Crippen LogP contribution in [0.2, 0.25) is 0 Å². The third-order valence-corrected chi connectivity index (χ3v) is 6.31. The van der Waals surface area contributed by atoms with Crippen LogP contribution in [0, 0.1) is 5.92 Å². The number of morpholine rings is 1. The van der Waals surface area contributed by atoms with E-state index in [-0.39, 0.29) is 18.6 Å². The van der Waals surface area contributed by atoms with Gasteiger partial charge in [0.25, 0.3) is 5.91 Å². The Labute approximate surface area is 171 Å². The van der Waals surface area contributed by atoms with Gasteiger partial charge in [0.05, 0.1) is 12.7 Å². The number of nitrogens with one attached hydrogen (secondary N) is 2. The Morgan fingerprint density at radius 3 is 2.62 bits per heavy atom. The monoisotopic (exact) mass is 393 g/mol. The number of carbonyl (C=O) groups excluding carboxylic acids is 1. The second-order valence-electron chi connectivity index (χ2n) is 8.44. The Morgan fingerprint density at radius 1 is 1.07 bits per heavy atom. The van der Waals surface area contributed by atoms with E-state index in [2.05, 4.69) is 15.5 Å². The van der Waals surface area contributed by atoms with Crippen molar-refractivity contribution in [3.63, 3.8) is 0 Å². The number of amides is 1. The molecule has 3 saturated heterocycles. The lowest BCUT2D eigenvalue weighted by Gasteiger charge is -2.47. The van der Waals surface area contributed by atoms with Gasteiger partial charge in [-0.25, -0.2) is 0 Å². The van der Waals surface area contributed by atoms with Crippen molar-refractivity contribution in [3.05, 3.63) is 54.6 Å². The van der Waals surface area contributed by atoms with Crippen LogP contribution in [0.5, 0.6) is 5.75 Å². The number of ether oxygens (including phenoxy) is 2. The maximum atomic E-state index is 12.1. The van der Waals surface area contributed by atoms with E-state index in [1.54, 1.807) is 0 Å². The van der Waals surface area contributed by atoms with Gasteiger partial charge in [-0.1, -0.05) is 18.2 Å². The zero-order chi connectivity index (χ0) is 19.7. The molecule has 4 aliphatic rings. The molecule has 1 atom stereocenters. The fourth-order valence-corrected chi connectivity index (χ4v) is 4.83. The molecular weight excluding hydrogens is 366 g/mol. The predicted molar refractivity (Wildman–Crippen MR) is 111 cm³/mol. The Morgan fingerprint density at radius 2 is 1.83 bits per heavy atom. The highest BCUT2D eigenvalue weighted by Crippen LogP contribution is 2.52. The predicted octanol–water partition coefficient (Wildman–Crippen LogP) is 2.79. The van der Waals surface area contributed by atoms with Gasteiger partial charge in [0.1, 0.15) is 5.75 Å². The fourth-order valence-electron chi connectivity index (χ4n) is 4.83. The topological polar surface area (TPSA) is 62.8 Å². The minimum Gasteiger partial charge on any atom is -0.484 e. The lowest BCUT2D eigenvalue weighted by atomic mass is 9.73. The van der Waals surface area contributed by atoms with E-state index in [9.17, 15) is 4.79 Å². The highest BCUT2D eigenvalue weighted by atomic mass is 16.5. The molecule has 2 bridgehead atoms. The van der Waals surface area contributed by atoms with E-state index >= 15 is 0 Å². The number of para-hydroxylation sites is 1. The smallest absolute Gasteiger partial charge is 0.258 e. The minimum atomic E-state index is -0.119. The van der Waals surface area contributed by atoms with Gasteiger partial charge in [-0.05, 0) is 55.2 Å². The second kappa shape index (κ2) is 7.69. The number of rotatable bonds is 7. The maximum Gasteiger partial charge on any atom is 0.258 e. The van der Waals surface area contributed by atoms with Crippen LogP contribution in [0.1, 0.15) is 12.8 Å². The number of anilines is 2. The van der Waals surface area contributed by atoms with Crippen LogP contribution in [0.4, 0.5) is 11.4 Å². The summed E-state index contributed by atoms with van der Waals surface area (Å²) in [5, 5.41) is 6.27. The fraction of sp³-hybridized carbons (Fsp3) is 0.435. The van der Waals surface area contributed by atoms with Crippen molar-refractivity contribution in [2.75, 3.05) is 38.2 Å². The molecule has 0 aromatic heterocycles. The molecule has 3 heterocycles.